The Hall–Kier alpha value is -4.89. The Bertz CT molecular complexity index is 1620. The molecule has 0 radical (unpaired) electrons. The van der Waals surface area contributed by atoms with Gasteiger partial charge in [-0.05, 0) is 65.7 Å². The Morgan fingerprint density at radius 1 is 0.975 bits per heavy atom. The molecule has 0 aliphatic carbocycles. The number of hydrogen-bond acceptors (Lipinski definition) is 7. The molecule has 1 aromatic heterocycles. The van der Waals surface area contributed by atoms with Gasteiger partial charge in [0.25, 0.3) is 11.1 Å². The Morgan fingerprint density at radius 3 is 2.52 bits per heavy atom. The number of anilines is 1. The van der Waals surface area contributed by atoms with Crippen LogP contribution in [-0.4, -0.2) is 30.1 Å². The topological polar surface area (TPSA) is 106 Å². The molecule has 0 saturated heterocycles. The number of rotatable bonds is 10. The van der Waals surface area contributed by atoms with Crippen LogP contribution in [0.15, 0.2) is 112 Å². The second-order valence-corrected chi connectivity index (χ2v) is 9.72. The first-order valence-corrected chi connectivity index (χ1v) is 13.5. The molecule has 8 nitrogen and oxygen atoms in total. The van der Waals surface area contributed by atoms with Gasteiger partial charge in [0.15, 0.2) is 5.58 Å². The number of oxazole rings is 1. The number of hydrogen-bond donors (Lipinski definition) is 2. The summed E-state index contributed by atoms with van der Waals surface area (Å²) in [5, 5.41) is 7.53. The third kappa shape index (κ3) is 6.95. The van der Waals surface area contributed by atoms with Crippen LogP contribution in [0.2, 0.25) is 0 Å². The van der Waals surface area contributed by atoms with Crippen LogP contribution < -0.4 is 15.5 Å². The lowest BCUT2D eigenvalue weighted by Crippen LogP contribution is -2.18. The summed E-state index contributed by atoms with van der Waals surface area (Å²) in [5.41, 5.74) is 7.81. The number of amides is 2. The molecular weight excluding hydrogens is 524 g/mol. The van der Waals surface area contributed by atoms with Gasteiger partial charge < -0.3 is 14.5 Å². The SMILES string of the molecule is COc1ccc(/C=N\NC(=O)c2ccc(NC(=O)Cc3ccccc3)cc2)cc1CSc1nc2ccccc2o1. The summed E-state index contributed by atoms with van der Waals surface area (Å²) in [7, 11) is 1.62. The highest BCUT2D eigenvalue weighted by atomic mass is 32.2. The van der Waals surface area contributed by atoms with Crippen LogP contribution in [0.1, 0.15) is 27.0 Å². The average Bonchev–Trinajstić information content (AvgIpc) is 3.40. The van der Waals surface area contributed by atoms with Crippen LogP contribution in [-0.2, 0) is 17.0 Å². The van der Waals surface area contributed by atoms with Crippen molar-refractivity contribution in [3.8, 4) is 5.75 Å². The Kier molecular flexibility index (Phi) is 8.53. The average molecular weight is 551 g/mol. The number of carbonyl (C=O) groups excluding carboxylic acids is 2. The largest absolute Gasteiger partial charge is 0.496 e. The van der Waals surface area contributed by atoms with Gasteiger partial charge in [-0.15, -0.1) is 0 Å². The van der Waals surface area contributed by atoms with Gasteiger partial charge in [-0.2, -0.15) is 5.10 Å². The highest BCUT2D eigenvalue weighted by Crippen LogP contribution is 2.30. The molecule has 4 aromatic carbocycles. The number of methoxy groups -OCH3 is 1. The number of ether oxygens (including phenoxy) is 1. The maximum absolute atomic E-state index is 12.6. The lowest BCUT2D eigenvalue weighted by atomic mass is 10.1. The number of carbonyl (C=O) groups is 2. The standard InChI is InChI=1S/C31H26N4O4S/c1-38-27-16-11-22(17-24(27)20-40-31-34-26-9-5-6-10-28(26)39-31)19-32-35-30(37)23-12-14-25(15-13-23)33-29(36)18-21-7-3-2-4-8-21/h2-17,19H,18,20H2,1H3,(H,33,36)(H,35,37)/b32-19-. The fourth-order valence-corrected chi connectivity index (χ4v) is 4.78. The van der Waals surface area contributed by atoms with Crippen molar-refractivity contribution >= 4 is 46.6 Å². The zero-order chi connectivity index (χ0) is 27.7. The molecule has 0 bridgehead atoms. The lowest BCUT2D eigenvalue weighted by molar-refractivity contribution is -0.115. The molecule has 0 saturated carbocycles. The molecule has 5 aromatic rings. The third-order valence-corrected chi connectivity index (χ3v) is 6.82. The summed E-state index contributed by atoms with van der Waals surface area (Å²) in [6, 6.07) is 29.4. The summed E-state index contributed by atoms with van der Waals surface area (Å²) >= 11 is 1.47. The molecule has 0 fully saturated rings. The van der Waals surface area contributed by atoms with Crippen LogP contribution >= 0.6 is 11.8 Å². The number of nitrogens with one attached hydrogen (secondary N) is 2. The Morgan fingerprint density at radius 2 is 1.75 bits per heavy atom. The number of thioether (sulfide) groups is 1. The van der Waals surface area contributed by atoms with Crippen molar-refractivity contribution in [2.24, 2.45) is 5.10 Å². The molecule has 9 heteroatoms. The number of benzene rings is 4. The van der Waals surface area contributed by atoms with E-state index in [2.05, 4.69) is 20.8 Å². The third-order valence-electron chi connectivity index (χ3n) is 5.95. The molecule has 0 aliphatic heterocycles. The van der Waals surface area contributed by atoms with Crippen molar-refractivity contribution in [2.75, 3.05) is 12.4 Å². The summed E-state index contributed by atoms with van der Waals surface area (Å²) < 4.78 is 11.3. The van der Waals surface area contributed by atoms with Gasteiger partial charge in [-0.3, -0.25) is 9.59 Å². The van der Waals surface area contributed by atoms with Crippen LogP contribution in [0.5, 0.6) is 5.75 Å². The summed E-state index contributed by atoms with van der Waals surface area (Å²) in [6.07, 6.45) is 1.85. The number of para-hydroxylation sites is 2. The van der Waals surface area contributed by atoms with Crippen molar-refractivity contribution in [3.63, 3.8) is 0 Å². The molecule has 0 unspecified atom stereocenters. The molecule has 1 heterocycles. The van der Waals surface area contributed by atoms with Gasteiger partial charge in [-0.25, -0.2) is 10.4 Å². The lowest BCUT2D eigenvalue weighted by Gasteiger charge is -2.08. The molecular formula is C31H26N4O4S. The first-order chi connectivity index (χ1) is 19.6. The van der Waals surface area contributed by atoms with E-state index < -0.39 is 0 Å². The van der Waals surface area contributed by atoms with Crippen LogP contribution in [0.4, 0.5) is 5.69 Å². The van der Waals surface area contributed by atoms with E-state index in [0.717, 1.165) is 33.5 Å². The van der Waals surface area contributed by atoms with Crippen molar-refractivity contribution in [1.82, 2.24) is 10.4 Å². The molecule has 200 valence electrons. The quantitative estimate of drug-likeness (QED) is 0.124. The fraction of sp³-hybridized carbons (Fsp3) is 0.0968. The minimum absolute atomic E-state index is 0.126. The minimum atomic E-state index is -0.362. The maximum atomic E-state index is 12.6. The predicted molar refractivity (Wildman–Crippen MR) is 157 cm³/mol. The monoisotopic (exact) mass is 550 g/mol. The van der Waals surface area contributed by atoms with E-state index in [9.17, 15) is 9.59 Å². The molecule has 0 spiro atoms. The smallest absolute Gasteiger partial charge is 0.271 e. The van der Waals surface area contributed by atoms with Crippen LogP contribution in [0.25, 0.3) is 11.1 Å². The van der Waals surface area contributed by atoms with Gasteiger partial charge in [-0.1, -0.05) is 54.2 Å². The molecule has 2 N–H and O–H groups in total. The van der Waals surface area contributed by atoms with E-state index in [1.807, 2.05) is 72.8 Å². The molecule has 5 rings (SSSR count). The van der Waals surface area contributed by atoms with Crippen LogP contribution in [0.3, 0.4) is 0 Å². The zero-order valence-electron chi connectivity index (χ0n) is 21.7. The Balaban J connectivity index is 1.15. The summed E-state index contributed by atoms with van der Waals surface area (Å²) in [5.74, 6) is 0.830. The number of aromatic nitrogens is 1. The first-order valence-electron chi connectivity index (χ1n) is 12.5. The van der Waals surface area contributed by atoms with Gasteiger partial charge in [0.1, 0.15) is 11.3 Å². The minimum Gasteiger partial charge on any atom is -0.496 e. The number of fused-ring (bicyclic) bond motifs is 1. The van der Waals surface area contributed by atoms with Gasteiger partial charge in [0, 0.05) is 22.6 Å². The van der Waals surface area contributed by atoms with E-state index in [1.54, 1.807) is 37.6 Å². The molecule has 0 atom stereocenters. The van der Waals surface area contributed by atoms with E-state index in [1.165, 1.54) is 11.8 Å². The van der Waals surface area contributed by atoms with Crippen molar-refractivity contribution in [1.29, 1.82) is 0 Å². The van der Waals surface area contributed by atoms with Gasteiger partial charge in [0.2, 0.25) is 5.91 Å². The second-order valence-electron chi connectivity index (χ2n) is 8.79. The summed E-state index contributed by atoms with van der Waals surface area (Å²) in [6.45, 7) is 0. The van der Waals surface area contributed by atoms with Gasteiger partial charge >= 0.3 is 0 Å². The van der Waals surface area contributed by atoms with Crippen molar-refractivity contribution in [2.45, 2.75) is 17.4 Å². The fourth-order valence-electron chi connectivity index (χ4n) is 3.97. The highest BCUT2D eigenvalue weighted by molar-refractivity contribution is 7.98. The Labute approximate surface area is 235 Å². The normalized spacial score (nSPS) is 11.0. The molecule has 2 amide bonds. The number of nitrogens with zero attached hydrogens (tertiary/aromatic N) is 2. The van der Waals surface area contributed by atoms with E-state index in [0.29, 0.717) is 22.2 Å². The van der Waals surface area contributed by atoms with E-state index in [-0.39, 0.29) is 18.2 Å². The van der Waals surface area contributed by atoms with Crippen molar-refractivity contribution in [3.05, 3.63) is 119 Å². The van der Waals surface area contributed by atoms with Crippen molar-refractivity contribution < 1.29 is 18.7 Å². The van der Waals surface area contributed by atoms with Crippen LogP contribution in [0, 0.1) is 0 Å². The molecule has 40 heavy (non-hydrogen) atoms. The highest BCUT2D eigenvalue weighted by Gasteiger charge is 2.10. The number of hydrazone groups is 1. The summed E-state index contributed by atoms with van der Waals surface area (Å²) in [4.78, 5) is 29.3. The maximum Gasteiger partial charge on any atom is 0.271 e. The zero-order valence-corrected chi connectivity index (χ0v) is 22.5. The van der Waals surface area contributed by atoms with E-state index in [4.69, 9.17) is 9.15 Å². The van der Waals surface area contributed by atoms with E-state index >= 15 is 0 Å². The molecule has 0 aliphatic rings. The second kappa shape index (κ2) is 12.8. The first kappa shape index (κ1) is 26.7. The predicted octanol–water partition coefficient (Wildman–Crippen LogP) is 6.07. The van der Waals surface area contributed by atoms with Gasteiger partial charge in [0.05, 0.1) is 19.7 Å².